The Hall–Kier alpha value is -2.08. The minimum Gasteiger partial charge on any atom is -0.378 e. The van der Waals surface area contributed by atoms with Gasteiger partial charge in [-0.05, 0) is 49.7 Å². The fourth-order valence-corrected chi connectivity index (χ4v) is 4.67. The highest BCUT2D eigenvalue weighted by Crippen LogP contribution is 2.30. The predicted octanol–water partition coefficient (Wildman–Crippen LogP) is 3.46. The van der Waals surface area contributed by atoms with Gasteiger partial charge in [0.05, 0.1) is 6.10 Å². The van der Waals surface area contributed by atoms with Gasteiger partial charge in [-0.25, -0.2) is 0 Å². The number of carbonyl (C=O) groups excluding carboxylic acids is 1. The van der Waals surface area contributed by atoms with Crippen LogP contribution in [0, 0.1) is 5.92 Å². The van der Waals surface area contributed by atoms with Crippen molar-refractivity contribution in [2.75, 3.05) is 26.7 Å². The molecule has 2 aliphatic rings. The molecule has 6 nitrogen and oxygen atoms in total. The van der Waals surface area contributed by atoms with Crippen LogP contribution in [0.25, 0.3) is 0 Å². The lowest BCUT2D eigenvalue weighted by Gasteiger charge is -2.24. The molecule has 1 atom stereocenters. The molecule has 0 spiro atoms. The van der Waals surface area contributed by atoms with Gasteiger partial charge in [-0.15, -0.1) is 0 Å². The molecule has 0 bridgehead atoms. The van der Waals surface area contributed by atoms with Crippen LogP contribution in [0.15, 0.2) is 29.3 Å². The Morgan fingerprint density at radius 1 is 1.23 bits per heavy atom. The fraction of sp³-hybridized carbons (Fsp3) is 0.667. The average Bonchev–Trinajstić information content (AvgIpc) is 3.42. The van der Waals surface area contributed by atoms with Crippen LogP contribution < -0.4 is 10.6 Å². The summed E-state index contributed by atoms with van der Waals surface area (Å²) in [7, 11) is 1.81. The van der Waals surface area contributed by atoms with Gasteiger partial charge >= 0.3 is 0 Å². The third-order valence-corrected chi connectivity index (χ3v) is 6.25. The van der Waals surface area contributed by atoms with Gasteiger partial charge in [0.2, 0.25) is 5.91 Å². The van der Waals surface area contributed by atoms with Gasteiger partial charge in [0.1, 0.15) is 0 Å². The van der Waals surface area contributed by atoms with Gasteiger partial charge in [-0.2, -0.15) is 0 Å². The number of hydrogen-bond acceptors (Lipinski definition) is 3. The molecule has 1 saturated heterocycles. The van der Waals surface area contributed by atoms with Crippen LogP contribution in [-0.4, -0.2) is 49.6 Å². The van der Waals surface area contributed by atoms with Gasteiger partial charge in [0.15, 0.2) is 5.96 Å². The first kappa shape index (κ1) is 22.6. The molecular weight excluding hydrogens is 376 g/mol. The summed E-state index contributed by atoms with van der Waals surface area (Å²) in [6.45, 7) is 6.02. The lowest BCUT2D eigenvalue weighted by atomic mass is 9.98. The first-order valence-electron chi connectivity index (χ1n) is 11.6. The van der Waals surface area contributed by atoms with E-state index in [1.165, 1.54) is 36.8 Å². The minimum atomic E-state index is 0.270. The lowest BCUT2D eigenvalue weighted by molar-refractivity contribution is -0.128. The quantitative estimate of drug-likeness (QED) is 0.455. The van der Waals surface area contributed by atoms with E-state index in [9.17, 15) is 4.79 Å². The van der Waals surface area contributed by atoms with Crippen molar-refractivity contribution in [3.63, 3.8) is 0 Å². The summed E-state index contributed by atoms with van der Waals surface area (Å²) in [5.74, 6) is 1.80. The van der Waals surface area contributed by atoms with Crippen molar-refractivity contribution in [1.82, 2.24) is 15.5 Å². The molecule has 6 heteroatoms. The first-order chi connectivity index (χ1) is 14.7. The Morgan fingerprint density at radius 3 is 2.73 bits per heavy atom. The van der Waals surface area contributed by atoms with E-state index in [0.717, 1.165) is 38.5 Å². The fourth-order valence-electron chi connectivity index (χ4n) is 4.67. The summed E-state index contributed by atoms with van der Waals surface area (Å²) in [5.41, 5.74) is 2.38. The van der Waals surface area contributed by atoms with Crippen LogP contribution in [0.5, 0.6) is 0 Å². The van der Waals surface area contributed by atoms with Gasteiger partial charge < -0.3 is 20.3 Å². The maximum absolute atomic E-state index is 11.9. The Morgan fingerprint density at radius 2 is 2.03 bits per heavy atom. The number of ether oxygens (including phenoxy) is 1. The third kappa shape index (κ3) is 6.73. The van der Waals surface area contributed by atoms with Crippen LogP contribution in [0.2, 0.25) is 0 Å². The van der Waals surface area contributed by atoms with Crippen LogP contribution in [0.4, 0.5) is 0 Å². The third-order valence-electron chi connectivity index (χ3n) is 6.25. The maximum atomic E-state index is 11.9. The molecule has 2 N–H and O–H groups in total. The monoisotopic (exact) mass is 414 g/mol. The molecule has 1 aromatic carbocycles. The number of likely N-dealkylation sites (tertiary alicyclic amines) is 1. The molecule has 1 heterocycles. The zero-order valence-corrected chi connectivity index (χ0v) is 18.7. The van der Waals surface area contributed by atoms with E-state index in [-0.39, 0.29) is 5.91 Å². The van der Waals surface area contributed by atoms with Crippen LogP contribution >= 0.6 is 0 Å². The Labute approximate surface area is 181 Å². The van der Waals surface area contributed by atoms with Crippen molar-refractivity contribution in [2.24, 2.45) is 10.9 Å². The SMILES string of the molecule is CCOC(CCNC(=NC)NCc1cccc(CN2CCCC2=O)c1)C1CCCC1. The molecule has 0 aromatic heterocycles. The molecule has 1 amide bonds. The van der Waals surface area contributed by atoms with Gasteiger partial charge in [0.25, 0.3) is 0 Å². The second kappa shape index (κ2) is 11.9. The van der Waals surface area contributed by atoms with Crippen molar-refractivity contribution in [3.8, 4) is 0 Å². The molecule has 1 aliphatic carbocycles. The van der Waals surface area contributed by atoms with Crippen molar-refractivity contribution in [3.05, 3.63) is 35.4 Å². The molecule has 166 valence electrons. The molecular formula is C24H38N4O2. The van der Waals surface area contributed by atoms with Gasteiger partial charge in [0, 0.05) is 46.3 Å². The molecule has 1 aliphatic heterocycles. The zero-order chi connectivity index (χ0) is 21.2. The molecule has 1 unspecified atom stereocenters. The highest BCUT2D eigenvalue weighted by atomic mass is 16.5. The van der Waals surface area contributed by atoms with Gasteiger partial charge in [-0.1, -0.05) is 37.1 Å². The van der Waals surface area contributed by atoms with E-state index in [1.54, 1.807) is 0 Å². The second-order valence-corrected chi connectivity index (χ2v) is 8.42. The van der Waals surface area contributed by atoms with Crippen LogP contribution in [-0.2, 0) is 22.6 Å². The largest absolute Gasteiger partial charge is 0.378 e. The number of hydrogen-bond donors (Lipinski definition) is 2. The van der Waals surface area contributed by atoms with E-state index < -0.39 is 0 Å². The first-order valence-corrected chi connectivity index (χ1v) is 11.6. The summed E-state index contributed by atoms with van der Waals surface area (Å²) in [5, 5.41) is 6.85. The van der Waals surface area contributed by atoms with Crippen molar-refractivity contribution in [2.45, 2.75) is 71.1 Å². The highest BCUT2D eigenvalue weighted by molar-refractivity contribution is 5.79. The van der Waals surface area contributed by atoms with E-state index in [0.29, 0.717) is 31.5 Å². The summed E-state index contributed by atoms with van der Waals surface area (Å²) >= 11 is 0. The lowest BCUT2D eigenvalue weighted by Crippen LogP contribution is -2.39. The molecule has 1 saturated carbocycles. The minimum absolute atomic E-state index is 0.270. The number of aliphatic imine (C=N–C) groups is 1. The van der Waals surface area contributed by atoms with Gasteiger partial charge in [-0.3, -0.25) is 9.79 Å². The standard InChI is InChI=1S/C24H38N4O2/c1-3-30-22(21-10-4-5-11-21)13-14-26-24(25-2)27-17-19-8-6-9-20(16-19)18-28-15-7-12-23(28)29/h6,8-9,16,21-22H,3-5,7,10-15,17-18H2,1-2H3,(H2,25,26,27). The van der Waals surface area contributed by atoms with Crippen molar-refractivity contribution in [1.29, 1.82) is 0 Å². The highest BCUT2D eigenvalue weighted by Gasteiger charge is 2.25. The second-order valence-electron chi connectivity index (χ2n) is 8.42. The number of nitrogens with zero attached hydrogens (tertiary/aromatic N) is 2. The van der Waals surface area contributed by atoms with Crippen LogP contribution in [0.1, 0.15) is 63.0 Å². The van der Waals surface area contributed by atoms with Crippen molar-refractivity contribution >= 4 is 11.9 Å². The molecule has 0 radical (unpaired) electrons. The number of rotatable bonds is 10. The van der Waals surface area contributed by atoms with E-state index in [4.69, 9.17) is 4.74 Å². The molecule has 1 aromatic rings. The summed E-state index contributed by atoms with van der Waals surface area (Å²) < 4.78 is 6.02. The summed E-state index contributed by atoms with van der Waals surface area (Å²) in [4.78, 5) is 18.2. The van der Waals surface area contributed by atoms with Crippen LogP contribution in [0.3, 0.4) is 0 Å². The van der Waals surface area contributed by atoms with E-state index in [2.05, 4.69) is 46.8 Å². The topological polar surface area (TPSA) is 66.0 Å². The van der Waals surface area contributed by atoms with E-state index >= 15 is 0 Å². The Kier molecular flexibility index (Phi) is 9.00. The maximum Gasteiger partial charge on any atom is 0.222 e. The molecule has 2 fully saturated rings. The molecule has 3 rings (SSSR count). The number of amides is 1. The Bertz CT molecular complexity index is 700. The normalized spacial score (nSPS) is 18.8. The van der Waals surface area contributed by atoms with Crippen molar-refractivity contribution < 1.29 is 9.53 Å². The number of benzene rings is 1. The molecule has 30 heavy (non-hydrogen) atoms. The number of nitrogens with one attached hydrogen (secondary N) is 2. The smallest absolute Gasteiger partial charge is 0.222 e. The summed E-state index contributed by atoms with van der Waals surface area (Å²) in [6.07, 6.45) is 8.33. The predicted molar refractivity (Wildman–Crippen MR) is 121 cm³/mol. The average molecular weight is 415 g/mol. The Balaban J connectivity index is 1.43. The zero-order valence-electron chi connectivity index (χ0n) is 18.7. The number of guanidine groups is 1. The summed E-state index contributed by atoms with van der Waals surface area (Å²) in [6, 6.07) is 8.45. The number of carbonyl (C=O) groups is 1. The van der Waals surface area contributed by atoms with E-state index in [1.807, 2.05) is 11.9 Å².